The van der Waals surface area contributed by atoms with Gasteiger partial charge >= 0.3 is 0 Å². The van der Waals surface area contributed by atoms with Crippen LogP contribution in [0.1, 0.15) is 51.7 Å². The summed E-state index contributed by atoms with van der Waals surface area (Å²) in [5.41, 5.74) is 12.8. The van der Waals surface area contributed by atoms with Gasteiger partial charge in [0.05, 0.1) is 22.1 Å². The number of para-hydroxylation sites is 3. The fraction of sp³-hybridized carbons (Fsp3) is 0.129. The molecular weight excluding hydrogens is 801 g/mol. The van der Waals surface area contributed by atoms with Crippen molar-refractivity contribution in [3.8, 4) is 22.5 Å². The normalized spacial score (nSPS) is 14.6. The SMILES string of the molecule is CC1(C)CCC(C)(C)c2cc([Si](c3ccccc3)(c3ccccc3)c3ccc(-c4ccc5c6ccccc6n(-c6ccc7c(c6)c6ccccc6n7-c6ccccc6)c5c4)cc3)ccc21. The molecule has 65 heavy (non-hydrogen) atoms. The van der Waals surface area contributed by atoms with E-state index in [1.165, 1.54) is 105 Å². The zero-order chi connectivity index (χ0) is 43.9. The standard InChI is InChI=1S/C62H52N2Si/c1-61(2)38-39-62(3,4)56-42-50(34-36-55(56)61)65(47-20-10-6-11-21-47,48-22-12-7-13-23-48)49-32-28-43(29-33-49)44-30-35-53-51-24-14-16-26-57(51)64(60(53)40-44)46-31-37-59-54(41-46)52-25-15-17-27-58(52)63(59)45-18-8-5-9-19-45/h5-37,40-42H,38-39H2,1-4H3. The Balaban J connectivity index is 1.03. The van der Waals surface area contributed by atoms with Gasteiger partial charge in [0.2, 0.25) is 0 Å². The summed E-state index contributed by atoms with van der Waals surface area (Å²) in [5.74, 6) is 0. The lowest BCUT2D eigenvalue weighted by atomic mass is 9.63. The van der Waals surface area contributed by atoms with Crippen molar-refractivity contribution in [3.63, 3.8) is 0 Å². The van der Waals surface area contributed by atoms with Crippen LogP contribution >= 0.6 is 0 Å². The first-order valence-electron chi connectivity index (χ1n) is 23.2. The average Bonchev–Trinajstić information content (AvgIpc) is 3.86. The zero-order valence-electron chi connectivity index (χ0n) is 37.6. The molecule has 0 atom stereocenters. The van der Waals surface area contributed by atoms with Gasteiger partial charge in [-0.1, -0.05) is 198 Å². The molecule has 1 aliphatic rings. The molecule has 2 heterocycles. The third-order valence-corrected chi connectivity index (χ3v) is 19.7. The molecule has 0 aliphatic heterocycles. The van der Waals surface area contributed by atoms with Crippen LogP contribution in [0.4, 0.5) is 0 Å². The molecule has 0 spiro atoms. The molecule has 0 bridgehead atoms. The Morgan fingerprint density at radius 1 is 0.323 bits per heavy atom. The van der Waals surface area contributed by atoms with Crippen LogP contribution in [0.15, 0.2) is 218 Å². The highest BCUT2D eigenvalue weighted by Gasteiger charge is 2.44. The quantitative estimate of drug-likeness (QED) is 0.112. The van der Waals surface area contributed by atoms with E-state index in [9.17, 15) is 0 Å². The summed E-state index contributed by atoms with van der Waals surface area (Å²) >= 11 is 0. The van der Waals surface area contributed by atoms with Crippen LogP contribution in [0.5, 0.6) is 0 Å². The smallest absolute Gasteiger partial charge is 0.179 e. The van der Waals surface area contributed by atoms with E-state index in [-0.39, 0.29) is 10.8 Å². The first-order valence-corrected chi connectivity index (χ1v) is 25.2. The second kappa shape index (κ2) is 14.9. The van der Waals surface area contributed by atoms with E-state index in [2.05, 4.69) is 255 Å². The number of rotatable bonds is 7. The molecule has 9 aromatic carbocycles. The highest BCUT2D eigenvalue weighted by Crippen LogP contribution is 2.45. The van der Waals surface area contributed by atoms with E-state index < -0.39 is 8.07 Å². The molecule has 11 aromatic rings. The number of fused-ring (bicyclic) bond motifs is 7. The van der Waals surface area contributed by atoms with Crippen LogP contribution in [-0.4, -0.2) is 17.2 Å². The van der Waals surface area contributed by atoms with Crippen molar-refractivity contribution in [3.05, 3.63) is 230 Å². The molecule has 12 rings (SSSR count). The van der Waals surface area contributed by atoms with Crippen LogP contribution in [0.25, 0.3) is 66.1 Å². The van der Waals surface area contributed by atoms with Gasteiger partial charge in [-0.05, 0) is 115 Å². The van der Waals surface area contributed by atoms with E-state index in [0.717, 1.165) is 5.69 Å². The molecule has 2 aromatic heterocycles. The van der Waals surface area contributed by atoms with Crippen molar-refractivity contribution in [2.75, 3.05) is 0 Å². The Labute approximate surface area is 383 Å². The van der Waals surface area contributed by atoms with Crippen molar-refractivity contribution in [1.82, 2.24) is 9.13 Å². The Bertz CT molecular complexity index is 3540. The summed E-state index contributed by atoms with van der Waals surface area (Å²) in [6.07, 6.45) is 2.39. The Morgan fingerprint density at radius 2 is 0.800 bits per heavy atom. The lowest BCUT2D eigenvalue weighted by Crippen LogP contribution is -2.74. The Morgan fingerprint density at radius 3 is 1.45 bits per heavy atom. The van der Waals surface area contributed by atoms with Crippen LogP contribution in [0.2, 0.25) is 0 Å². The Hall–Kier alpha value is -7.20. The monoisotopic (exact) mass is 852 g/mol. The summed E-state index contributed by atoms with van der Waals surface area (Å²) in [6.45, 7) is 9.76. The third-order valence-electron chi connectivity index (χ3n) is 15.0. The van der Waals surface area contributed by atoms with E-state index in [1.54, 1.807) is 0 Å². The maximum absolute atomic E-state index is 2.78. The highest BCUT2D eigenvalue weighted by atomic mass is 28.3. The number of nitrogens with zero attached hydrogens (tertiary/aromatic N) is 2. The molecule has 0 unspecified atom stereocenters. The number of hydrogen-bond acceptors (Lipinski definition) is 0. The van der Waals surface area contributed by atoms with Crippen LogP contribution < -0.4 is 20.7 Å². The minimum absolute atomic E-state index is 0.103. The largest absolute Gasteiger partial charge is 0.309 e. The summed E-state index contributed by atoms with van der Waals surface area (Å²) in [7, 11) is -2.78. The number of benzene rings is 9. The van der Waals surface area contributed by atoms with Gasteiger partial charge in [0.1, 0.15) is 0 Å². The van der Waals surface area contributed by atoms with Crippen molar-refractivity contribution < 1.29 is 0 Å². The van der Waals surface area contributed by atoms with E-state index in [0.29, 0.717) is 0 Å². The third kappa shape index (κ3) is 6.13. The molecule has 314 valence electrons. The van der Waals surface area contributed by atoms with Gasteiger partial charge in [0.15, 0.2) is 8.07 Å². The molecule has 0 saturated heterocycles. The van der Waals surface area contributed by atoms with Crippen LogP contribution in [0, 0.1) is 0 Å². The van der Waals surface area contributed by atoms with Gasteiger partial charge < -0.3 is 9.13 Å². The van der Waals surface area contributed by atoms with E-state index in [4.69, 9.17) is 0 Å². The summed E-state index contributed by atoms with van der Waals surface area (Å²) in [4.78, 5) is 0. The van der Waals surface area contributed by atoms with Crippen molar-refractivity contribution >= 4 is 72.4 Å². The number of aromatic nitrogens is 2. The predicted molar refractivity (Wildman–Crippen MR) is 279 cm³/mol. The maximum Gasteiger partial charge on any atom is 0.179 e. The van der Waals surface area contributed by atoms with Gasteiger partial charge in [-0.3, -0.25) is 0 Å². The lowest BCUT2D eigenvalue weighted by Gasteiger charge is -2.43. The zero-order valence-corrected chi connectivity index (χ0v) is 38.6. The molecule has 0 N–H and O–H groups in total. The van der Waals surface area contributed by atoms with Gasteiger partial charge in [0, 0.05) is 32.9 Å². The molecule has 3 heteroatoms. The minimum atomic E-state index is -2.78. The van der Waals surface area contributed by atoms with Crippen LogP contribution in [0.3, 0.4) is 0 Å². The molecule has 0 amide bonds. The van der Waals surface area contributed by atoms with Gasteiger partial charge in [-0.25, -0.2) is 0 Å². The molecule has 0 fully saturated rings. The van der Waals surface area contributed by atoms with Crippen LogP contribution in [-0.2, 0) is 10.8 Å². The van der Waals surface area contributed by atoms with Crippen molar-refractivity contribution in [2.45, 2.75) is 51.4 Å². The van der Waals surface area contributed by atoms with E-state index in [1.807, 2.05) is 0 Å². The molecule has 1 aliphatic carbocycles. The molecule has 0 saturated carbocycles. The van der Waals surface area contributed by atoms with Crippen molar-refractivity contribution in [2.24, 2.45) is 0 Å². The lowest BCUT2D eigenvalue weighted by molar-refractivity contribution is 0.332. The van der Waals surface area contributed by atoms with Gasteiger partial charge in [0.25, 0.3) is 0 Å². The molecular formula is C62H52N2Si. The topological polar surface area (TPSA) is 9.86 Å². The van der Waals surface area contributed by atoms with Gasteiger partial charge in [-0.15, -0.1) is 0 Å². The van der Waals surface area contributed by atoms with Crippen molar-refractivity contribution in [1.29, 1.82) is 0 Å². The summed E-state index contributed by atoms with van der Waals surface area (Å²) in [5, 5.41) is 10.7. The summed E-state index contributed by atoms with van der Waals surface area (Å²) < 4.78 is 4.86. The second-order valence-corrected chi connectivity index (χ2v) is 23.4. The highest BCUT2D eigenvalue weighted by molar-refractivity contribution is 7.19. The summed E-state index contributed by atoms with van der Waals surface area (Å²) in [6, 6.07) is 82.5. The molecule has 0 radical (unpaired) electrons. The first kappa shape index (κ1) is 39.4. The molecule has 2 nitrogen and oxygen atoms in total. The fourth-order valence-electron chi connectivity index (χ4n) is 11.5. The minimum Gasteiger partial charge on any atom is -0.309 e. The average molecular weight is 853 g/mol. The Kier molecular flexibility index (Phi) is 9.05. The maximum atomic E-state index is 2.62. The van der Waals surface area contributed by atoms with E-state index >= 15 is 0 Å². The number of hydrogen-bond donors (Lipinski definition) is 0. The fourth-order valence-corrected chi connectivity index (χ4v) is 16.2. The first-order chi connectivity index (χ1) is 31.7. The van der Waals surface area contributed by atoms with Gasteiger partial charge in [-0.2, -0.15) is 0 Å². The second-order valence-electron chi connectivity index (χ2n) is 19.6. The predicted octanol–water partition coefficient (Wildman–Crippen LogP) is 13.3.